The number of thiophene rings is 1. The second-order valence-corrected chi connectivity index (χ2v) is 10.6. The molecule has 0 aliphatic carbocycles. The first-order chi connectivity index (χ1) is 18.2. The highest BCUT2D eigenvalue weighted by atomic mass is 79.9. The minimum atomic E-state index is 0.864. The van der Waals surface area contributed by atoms with Gasteiger partial charge in [0.15, 0.2) is 0 Å². The molecule has 37 heavy (non-hydrogen) atoms. The van der Waals surface area contributed by atoms with Gasteiger partial charge in [-0.2, -0.15) is 0 Å². The third-order valence-electron chi connectivity index (χ3n) is 6.49. The number of anilines is 3. The summed E-state index contributed by atoms with van der Waals surface area (Å²) in [5.74, 6) is 0.864. The van der Waals surface area contributed by atoms with Crippen molar-refractivity contribution in [3.63, 3.8) is 0 Å². The largest absolute Gasteiger partial charge is 0.496 e. The summed E-state index contributed by atoms with van der Waals surface area (Å²) in [6.45, 7) is 0. The van der Waals surface area contributed by atoms with Gasteiger partial charge in [-0.3, -0.25) is 0 Å². The first kappa shape index (κ1) is 23.5. The number of hydrogen-bond acceptors (Lipinski definition) is 3. The Morgan fingerprint density at radius 2 is 1.24 bits per heavy atom. The number of benzene rings is 5. The molecule has 0 saturated carbocycles. The Morgan fingerprint density at radius 3 is 1.92 bits per heavy atom. The summed E-state index contributed by atoms with van der Waals surface area (Å²) in [6.07, 6.45) is 0. The van der Waals surface area contributed by atoms with Crippen LogP contribution in [0.15, 0.2) is 132 Å². The van der Waals surface area contributed by atoms with Crippen molar-refractivity contribution in [1.82, 2.24) is 0 Å². The van der Waals surface area contributed by atoms with Gasteiger partial charge in [0.25, 0.3) is 0 Å². The van der Waals surface area contributed by atoms with E-state index in [1.54, 1.807) is 18.4 Å². The van der Waals surface area contributed by atoms with Gasteiger partial charge in [-0.15, -0.1) is 11.3 Å². The van der Waals surface area contributed by atoms with Crippen LogP contribution in [-0.4, -0.2) is 7.11 Å². The second-order valence-electron chi connectivity index (χ2n) is 8.70. The minimum absolute atomic E-state index is 0.864. The maximum atomic E-state index is 5.92. The average molecular weight is 563 g/mol. The molecule has 6 aromatic rings. The Balaban J connectivity index is 1.41. The van der Waals surface area contributed by atoms with Crippen molar-refractivity contribution in [2.45, 2.75) is 0 Å². The lowest BCUT2D eigenvalue weighted by atomic mass is 9.96. The molecule has 0 N–H and O–H groups in total. The summed E-state index contributed by atoms with van der Waals surface area (Å²) >= 11 is 5.47. The molecule has 0 aliphatic rings. The molecule has 180 valence electrons. The molecule has 5 aromatic carbocycles. The van der Waals surface area contributed by atoms with E-state index < -0.39 is 0 Å². The zero-order valence-electron chi connectivity index (χ0n) is 20.3. The van der Waals surface area contributed by atoms with Gasteiger partial charge in [0, 0.05) is 26.3 Å². The molecule has 1 heterocycles. The maximum Gasteiger partial charge on any atom is 0.127 e. The summed E-state index contributed by atoms with van der Waals surface area (Å²) < 4.78 is 7.01. The zero-order chi connectivity index (χ0) is 25.2. The molecule has 2 nitrogen and oxygen atoms in total. The van der Waals surface area contributed by atoms with Crippen LogP contribution < -0.4 is 9.64 Å². The molecule has 0 unspecified atom stereocenters. The van der Waals surface area contributed by atoms with Crippen LogP contribution in [0.25, 0.3) is 32.3 Å². The lowest BCUT2D eigenvalue weighted by molar-refractivity contribution is 0.416. The fraction of sp³-hybridized carbons (Fsp3) is 0.0303. The van der Waals surface area contributed by atoms with Crippen LogP contribution in [0.1, 0.15) is 0 Å². The van der Waals surface area contributed by atoms with Crippen LogP contribution in [0.5, 0.6) is 5.75 Å². The van der Waals surface area contributed by atoms with Crippen LogP contribution in [0.2, 0.25) is 0 Å². The molecule has 0 aliphatic heterocycles. The van der Waals surface area contributed by atoms with Gasteiger partial charge in [0.1, 0.15) is 10.8 Å². The predicted molar refractivity (Wildman–Crippen MR) is 162 cm³/mol. The Hall–Kier alpha value is -3.86. The number of ether oxygens (including phenoxy) is 1. The molecule has 0 fully saturated rings. The smallest absolute Gasteiger partial charge is 0.127 e. The van der Waals surface area contributed by atoms with Gasteiger partial charge in [-0.25, -0.2) is 0 Å². The molecular weight excluding hydrogens is 538 g/mol. The fourth-order valence-electron chi connectivity index (χ4n) is 4.72. The summed E-state index contributed by atoms with van der Waals surface area (Å²) in [4.78, 5) is 3.49. The third kappa shape index (κ3) is 4.55. The number of para-hydroxylation sites is 2. The maximum absolute atomic E-state index is 5.92. The number of rotatable bonds is 6. The van der Waals surface area contributed by atoms with Crippen molar-refractivity contribution < 1.29 is 4.74 Å². The number of methoxy groups -OCH3 is 1. The van der Waals surface area contributed by atoms with Gasteiger partial charge >= 0.3 is 0 Å². The van der Waals surface area contributed by atoms with Crippen molar-refractivity contribution >= 4 is 54.4 Å². The standard InChI is InChI=1S/C33H24BrNOS/c1-36-31-22-23(16-17-29(31)27-18-19-30(34)28-15-9-8-14-26(27)28)32-20-21-33(37-32)35(24-10-4-2-5-11-24)25-12-6-3-7-13-25/h2-22H,1H3. The van der Waals surface area contributed by atoms with E-state index in [-0.39, 0.29) is 0 Å². The van der Waals surface area contributed by atoms with E-state index in [1.165, 1.54) is 15.6 Å². The predicted octanol–water partition coefficient (Wildman–Crippen LogP) is 10.5. The van der Waals surface area contributed by atoms with Gasteiger partial charge < -0.3 is 9.64 Å². The van der Waals surface area contributed by atoms with Crippen LogP contribution in [0.3, 0.4) is 0 Å². The fourth-order valence-corrected chi connectivity index (χ4v) is 6.25. The first-order valence-corrected chi connectivity index (χ1v) is 13.7. The summed E-state index contributed by atoms with van der Waals surface area (Å²) in [6, 6.07) is 44.6. The van der Waals surface area contributed by atoms with Gasteiger partial charge in [0.05, 0.1) is 7.11 Å². The van der Waals surface area contributed by atoms with Gasteiger partial charge in [-0.05, 0) is 76.5 Å². The Labute approximate surface area is 229 Å². The highest BCUT2D eigenvalue weighted by Gasteiger charge is 2.17. The molecule has 0 spiro atoms. The van der Waals surface area contributed by atoms with Crippen molar-refractivity contribution in [1.29, 1.82) is 0 Å². The molecule has 4 heteroatoms. The van der Waals surface area contributed by atoms with Crippen molar-refractivity contribution in [2.75, 3.05) is 12.0 Å². The zero-order valence-corrected chi connectivity index (χ0v) is 22.7. The van der Waals surface area contributed by atoms with Crippen LogP contribution in [-0.2, 0) is 0 Å². The van der Waals surface area contributed by atoms with Gasteiger partial charge in [0.2, 0.25) is 0 Å². The van der Waals surface area contributed by atoms with E-state index in [0.717, 1.165) is 43.3 Å². The molecule has 0 saturated heterocycles. The van der Waals surface area contributed by atoms with Crippen molar-refractivity contribution in [2.24, 2.45) is 0 Å². The van der Waals surface area contributed by atoms with Gasteiger partial charge in [-0.1, -0.05) is 88.7 Å². The van der Waals surface area contributed by atoms with Crippen LogP contribution in [0, 0.1) is 0 Å². The highest BCUT2D eigenvalue weighted by molar-refractivity contribution is 9.10. The van der Waals surface area contributed by atoms with E-state index in [1.807, 2.05) is 0 Å². The summed E-state index contributed by atoms with van der Waals surface area (Å²) in [5.41, 5.74) is 5.66. The Morgan fingerprint density at radius 1 is 0.622 bits per heavy atom. The Bertz CT molecular complexity index is 1640. The monoisotopic (exact) mass is 561 g/mol. The van der Waals surface area contributed by atoms with E-state index in [9.17, 15) is 0 Å². The summed E-state index contributed by atoms with van der Waals surface area (Å²) in [5, 5.41) is 3.55. The molecule has 1 aromatic heterocycles. The minimum Gasteiger partial charge on any atom is -0.496 e. The normalized spacial score (nSPS) is 11.0. The van der Waals surface area contributed by atoms with Crippen molar-refractivity contribution in [3.05, 3.63) is 132 Å². The van der Waals surface area contributed by atoms with E-state index in [0.29, 0.717) is 0 Å². The van der Waals surface area contributed by atoms with Crippen LogP contribution in [0.4, 0.5) is 16.4 Å². The van der Waals surface area contributed by atoms with Crippen LogP contribution >= 0.6 is 27.3 Å². The number of hydrogen-bond donors (Lipinski definition) is 0. The average Bonchev–Trinajstić information content (AvgIpc) is 3.44. The van der Waals surface area contributed by atoms with E-state index >= 15 is 0 Å². The second kappa shape index (κ2) is 10.3. The quantitative estimate of drug-likeness (QED) is 0.200. The first-order valence-electron chi connectivity index (χ1n) is 12.1. The van der Waals surface area contributed by atoms with E-state index in [2.05, 4.69) is 148 Å². The lowest BCUT2D eigenvalue weighted by Crippen LogP contribution is -2.07. The third-order valence-corrected chi connectivity index (χ3v) is 8.30. The summed E-state index contributed by atoms with van der Waals surface area (Å²) in [7, 11) is 1.75. The van der Waals surface area contributed by atoms with E-state index in [4.69, 9.17) is 4.74 Å². The number of halogens is 1. The number of fused-ring (bicyclic) bond motifs is 1. The number of nitrogens with zero attached hydrogens (tertiary/aromatic N) is 1. The molecule has 0 radical (unpaired) electrons. The Kier molecular flexibility index (Phi) is 6.52. The molecule has 0 atom stereocenters. The lowest BCUT2D eigenvalue weighted by Gasteiger charge is -2.23. The molecular formula is C33H24BrNOS. The molecule has 0 amide bonds. The molecule has 6 rings (SSSR count). The highest BCUT2D eigenvalue weighted by Crippen LogP contribution is 2.44. The SMILES string of the molecule is COc1cc(-c2ccc(N(c3ccccc3)c3ccccc3)s2)ccc1-c1ccc(Br)c2ccccc12. The van der Waals surface area contributed by atoms with Crippen molar-refractivity contribution in [3.8, 4) is 27.3 Å². The topological polar surface area (TPSA) is 12.5 Å². The molecule has 0 bridgehead atoms.